The average molecular weight is 381 g/mol. The van der Waals surface area contributed by atoms with Gasteiger partial charge in [-0.3, -0.25) is 9.36 Å². The number of hydrogen-bond donors (Lipinski definition) is 0. The Morgan fingerprint density at radius 1 is 1.04 bits per heavy atom. The molecule has 1 heterocycles. The summed E-state index contributed by atoms with van der Waals surface area (Å²) in [5.41, 5.74) is 1.84. The van der Waals surface area contributed by atoms with Crippen molar-refractivity contribution in [3.05, 3.63) is 72.6 Å². The predicted octanol–water partition coefficient (Wildman–Crippen LogP) is 4.19. The van der Waals surface area contributed by atoms with E-state index in [9.17, 15) is 4.79 Å². The lowest BCUT2D eigenvalue weighted by molar-refractivity contribution is -0.133. The number of aromatic nitrogens is 3. The van der Waals surface area contributed by atoms with Gasteiger partial charge in [0.25, 0.3) is 0 Å². The fourth-order valence-corrected chi connectivity index (χ4v) is 3.56. The lowest BCUT2D eigenvalue weighted by atomic mass is 10.0. The summed E-state index contributed by atoms with van der Waals surface area (Å²) in [5, 5.41) is 8.89. The smallest absolute Gasteiger partial charge is 0.233 e. The molecule has 140 valence electrons. The molecule has 0 spiro atoms. The monoisotopic (exact) mass is 380 g/mol. The third-order valence-electron chi connectivity index (χ3n) is 4.17. The molecule has 1 aromatic heterocycles. The highest BCUT2D eigenvalue weighted by atomic mass is 32.2. The number of para-hydroxylation sites is 1. The molecule has 0 saturated heterocycles. The lowest BCUT2D eigenvalue weighted by Crippen LogP contribution is -2.45. The molecule has 0 aliphatic rings. The number of amides is 1. The first kappa shape index (κ1) is 19.2. The number of thioether (sulfide) groups is 1. The van der Waals surface area contributed by atoms with Gasteiger partial charge >= 0.3 is 0 Å². The van der Waals surface area contributed by atoms with Gasteiger partial charge in [0.2, 0.25) is 5.91 Å². The van der Waals surface area contributed by atoms with Crippen molar-refractivity contribution in [3.8, 4) is 5.69 Å². The second-order valence-corrected chi connectivity index (χ2v) is 8.19. The van der Waals surface area contributed by atoms with Gasteiger partial charge in [-0.25, -0.2) is 0 Å². The summed E-state index contributed by atoms with van der Waals surface area (Å²) in [6.45, 7) is 6.77. The molecule has 0 radical (unpaired) electrons. The number of nitrogens with zero attached hydrogens (tertiary/aromatic N) is 4. The van der Waals surface area contributed by atoms with E-state index in [-0.39, 0.29) is 11.4 Å². The normalized spacial score (nSPS) is 11.4. The van der Waals surface area contributed by atoms with Gasteiger partial charge in [-0.05, 0) is 38.5 Å². The molecule has 3 aromatic rings. The highest BCUT2D eigenvalue weighted by Gasteiger charge is 2.27. The molecule has 0 saturated carbocycles. The number of rotatable bonds is 6. The van der Waals surface area contributed by atoms with Gasteiger partial charge < -0.3 is 4.90 Å². The first-order chi connectivity index (χ1) is 12.9. The predicted molar refractivity (Wildman–Crippen MR) is 109 cm³/mol. The Kier molecular flexibility index (Phi) is 5.96. The van der Waals surface area contributed by atoms with E-state index in [1.807, 2.05) is 70.1 Å². The van der Waals surface area contributed by atoms with E-state index >= 15 is 0 Å². The Labute approximate surface area is 164 Å². The molecule has 27 heavy (non-hydrogen) atoms. The van der Waals surface area contributed by atoms with Crippen LogP contribution < -0.4 is 0 Å². The van der Waals surface area contributed by atoms with Crippen LogP contribution in [0.15, 0.2) is 72.1 Å². The van der Waals surface area contributed by atoms with E-state index in [2.05, 4.69) is 31.0 Å². The van der Waals surface area contributed by atoms with Crippen molar-refractivity contribution in [2.45, 2.75) is 38.0 Å². The Morgan fingerprint density at radius 2 is 1.67 bits per heavy atom. The van der Waals surface area contributed by atoms with Crippen molar-refractivity contribution in [2.24, 2.45) is 0 Å². The zero-order valence-electron chi connectivity index (χ0n) is 15.9. The summed E-state index contributed by atoms with van der Waals surface area (Å²) in [6, 6.07) is 20.0. The van der Waals surface area contributed by atoms with E-state index < -0.39 is 0 Å². The van der Waals surface area contributed by atoms with E-state index in [0.717, 1.165) is 11.3 Å². The molecule has 0 fully saturated rings. The largest absolute Gasteiger partial charge is 0.333 e. The topological polar surface area (TPSA) is 51.0 Å². The SMILES string of the molecule is CC(C)(C)N(Cc1ccccc1)C(=O)CSc1nncn1-c1ccccc1. The Balaban J connectivity index is 1.71. The van der Waals surface area contributed by atoms with Crippen LogP contribution in [-0.2, 0) is 11.3 Å². The van der Waals surface area contributed by atoms with Crippen LogP contribution >= 0.6 is 11.8 Å². The molecule has 2 aromatic carbocycles. The number of benzene rings is 2. The third-order valence-corrected chi connectivity index (χ3v) is 5.10. The van der Waals surface area contributed by atoms with Crippen LogP contribution in [0.3, 0.4) is 0 Å². The summed E-state index contributed by atoms with van der Waals surface area (Å²) in [6.07, 6.45) is 1.67. The van der Waals surface area contributed by atoms with Crippen molar-refractivity contribution in [2.75, 3.05) is 5.75 Å². The third kappa shape index (κ3) is 4.98. The zero-order chi connectivity index (χ0) is 19.3. The molecule has 0 N–H and O–H groups in total. The summed E-state index contributed by atoms with van der Waals surface area (Å²) in [7, 11) is 0. The van der Waals surface area contributed by atoms with Crippen molar-refractivity contribution in [1.29, 1.82) is 0 Å². The molecule has 0 unspecified atom stereocenters. The van der Waals surface area contributed by atoms with Crippen LogP contribution in [0, 0.1) is 0 Å². The Bertz CT molecular complexity index is 872. The Hall–Kier alpha value is -2.60. The van der Waals surface area contributed by atoms with Gasteiger partial charge in [0, 0.05) is 17.8 Å². The maximum absolute atomic E-state index is 13.0. The highest BCUT2D eigenvalue weighted by Crippen LogP contribution is 2.23. The molecule has 0 aliphatic heterocycles. The van der Waals surface area contributed by atoms with E-state index in [0.29, 0.717) is 17.5 Å². The average Bonchev–Trinajstić information content (AvgIpc) is 3.13. The van der Waals surface area contributed by atoms with Crippen LogP contribution in [0.4, 0.5) is 0 Å². The number of carbonyl (C=O) groups is 1. The second-order valence-electron chi connectivity index (χ2n) is 7.24. The quantitative estimate of drug-likeness (QED) is 0.602. The van der Waals surface area contributed by atoms with Gasteiger partial charge in [-0.1, -0.05) is 60.3 Å². The van der Waals surface area contributed by atoms with Crippen LogP contribution in [0.25, 0.3) is 5.69 Å². The molecule has 6 heteroatoms. The Morgan fingerprint density at radius 3 is 2.30 bits per heavy atom. The fourth-order valence-electron chi connectivity index (χ4n) is 2.76. The maximum Gasteiger partial charge on any atom is 0.233 e. The molecule has 0 atom stereocenters. The van der Waals surface area contributed by atoms with Crippen molar-refractivity contribution in [1.82, 2.24) is 19.7 Å². The minimum absolute atomic E-state index is 0.0824. The maximum atomic E-state index is 13.0. The summed E-state index contributed by atoms with van der Waals surface area (Å²) >= 11 is 1.41. The molecular formula is C21H24N4OS. The number of carbonyl (C=O) groups excluding carboxylic acids is 1. The fraction of sp³-hybridized carbons (Fsp3) is 0.286. The summed E-state index contributed by atoms with van der Waals surface area (Å²) in [5.74, 6) is 0.397. The van der Waals surface area contributed by atoms with Crippen molar-refractivity contribution in [3.63, 3.8) is 0 Å². The minimum atomic E-state index is -0.263. The van der Waals surface area contributed by atoms with E-state index in [4.69, 9.17) is 0 Å². The molecule has 5 nitrogen and oxygen atoms in total. The first-order valence-corrected chi connectivity index (χ1v) is 9.86. The van der Waals surface area contributed by atoms with Crippen molar-refractivity contribution < 1.29 is 4.79 Å². The van der Waals surface area contributed by atoms with Gasteiger partial charge in [0.05, 0.1) is 5.75 Å². The minimum Gasteiger partial charge on any atom is -0.333 e. The van der Waals surface area contributed by atoms with Crippen LogP contribution in [0.1, 0.15) is 26.3 Å². The van der Waals surface area contributed by atoms with E-state index in [1.54, 1.807) is 6.33 Å². The van der Waals surface area contributed by atoms with Gasteiger partial charge in [-0.15, -0.1) is 10.2 Å². The molecule has 0 bridgehead atoms. The molecular weight excluding hydrogens is 356 g/mol. The van der Waals surface area contributed by atoms with E-state index in [1.165, 1.54) is 11.8 Å². The molecule has 1 amide bonds. The lowest BCUT2D eigenvalue weighted by Gasteiger charge is -2.36. The molecule has 3 rings (SSSR count). The summed E-state index contributed by atoms with van der Waals surface area (Å²) in [4.78, 5) is 14.9. The second kappa shape index (κ2) is 8.39. The van der Waals surface area contributed by atoms with Crippen molar-refractivity contribution >= 4 is 17.7 Å². The highest BCUT2D eigenvalue weighted by molar-refractivity contribution is 7.99. The summed E-state index contributed by atoms with van der Waals surface area (Å²) < 4.78 is 1.90. The van der Waals surface area contributed by atoms with Gasteiger partial charge in [-0.2, -0.15) is 0 Å². The van der Waals surface area contributed by atoms with Gasteiger partial charge in [0.1, 0.15) is 6.33 Å². The van der Waals surface area contributed by atoms with Gasteiger partial charge in [0.15, 0.2) is 5.16 Å². The van der Waals surface area contributed by atoms with Crippen LogP contribution in [0.5, 0.6) is 0 Å². The standard InChI is InChI=1S/C21H24N4OS/c1-21(2,3)25(14-17-10-6-4-7-11-17)19(26)15-27-20-23-22-16-24(20)18-12-8-5-9-13-18/h4-13,16H,14-15H2,1-3H3. The zero-order valence-corrected chi connectivity index (χ0v) is 16.7. The van der Waals surface area contributed by atoms with Crippen LogP contribution in [0.2, 0.25) is 0 Å². The molecule has 0 aliphatic carbocycles. The number of hydrogen-bond acceptors (Lipinski definition) is 4. The van der Waals surface area contributed by atoms with Crippen LogP contribution in [-0.4, -0.2) is 36.9 Å². The first-order valence-electron chi connectivity index (χ1n) is 8.88.